The van der Waals surface area contributed by atoms with Gasteiger partial charge in [-0.2, -0.15) is 0 Å². The lowest BCUT2D eigenvalue weighted by Gasteiger charge is -2.19. The molecule has 1 heterocycles. The first-order valence-electron chi connectivity index (χ1n) is 4.78. The first kappa shape index (κ1) is 9.92. The van der Waals surface area contributed by atoms with Gasteiger partial charge in [-0.05, 0) is 19.0 Å². The average Bonchev–Trinajstić information content (AvgIpc) is 2.27. The molecule has 1 aliphatic heterocycles. The summed E-state index contributed by atoms with van der Waals surface area (Å²) in [7, 11) is 1.58. The van der Waals surface area contributed by atoms with Crippen LogP contribution in [0.3, 0.4) is 0 Å². The molecule has 5 nitrogen and oxygen atoms in total. The van der Waals surface area contributed by atoms with Gasteiger partial charge >= 0.3 is 0 Å². The molecule has 0 atom stereocenters. The molecule has 0 unspecified atom stereocenters. The molecule has 0 aromatic heterocycles. The van der Waals surface area contributed by atoms with E-state index in [1.807, 2.05) is 0 Å². The molecule has 1 aliphatic rings. The number of nitrogens with one attached hydrogen (secondary N) is 1. The molecule has 1 aromatic rings. The predicted molar refractivity (Wildman–Crippen MR) is 55.1 cm³/mol. The van der Waals surface area contributed by atoms with Gasteiger partial charge in [-0.15, -0.1) is 0 Å². The van der Waals surface area contributed by atoms with Crippen LogP contribution >= 0.6 is 0 Å². The molecule has 2 rings (SSSR count). The number of hydrogen-bond donors (Lipinski definition) is 1. The molecule has 0 saturated carbocycles. The van der Waals surface area contributed by atoms with Gasteiger partial charge in [-0.1, -0.05) is 0 Å². The van der Waals surface area contributed by atoms with Crippen molar-refractivity contribution < 1.29 is 9.66 Å². The number of hydrogen-bond acceptors (Lipinski definition) is 4. The van der Waals surface area contributed by atoms with Crippen LogP contribution in [0.15, 0.2) is 12.1 Å². The standard InChI is InChI=1S/C10H12N2O3/c1-15-10-3-2-9(12(13)14)7-4-5-11-6-8(7)10/h2-3,11H,4-6H2,1H3. The third-order valence-corrected chi connectivity index (χ3v) is 2.63. The number of fused-ring (bicyclic) bond motifs is 1. The fraction of sp³-hybridized carbons (Fsp3) is 0.400. The van der Waals surface area contributed by atoms with Gasteiger partial charge in [0.1, 0.15) is 5.75 Å². The summed E-state index contributed by atoms with van der Waals surface area (Å²) >= 11 is 0. The Kier molecular flexibility index (Phi) is 2.55. The number of benzene rings is 1. The molecule has 0 radical (unpaired) electrons. The highest BCUT2D eigenvalue weighted by Gasteiger charge is 2.23. The number of rotatable bonds is 2. The summed E-state index contributed by atoms with van der Waals surface area (Å²) in [6.45, 7) is 1.42. The fourth-order valence-electron chi connectivity index (χ4n) is 1.92. The summed E-state index contributed by atoms with van der Waals surface area (Å²) in [6.07, 6.45) is 0.683. The van der Waals surface area contributed by atoms with Gasteiger partial charge in [0.2, 0.25) is 0 Å². The highest BCUT2D eigenvalue weighted by atomic mass is 16.6. The van der Waals surface area contributed by atoms with E-state index in [0.29, 0.717) is 13.0 Å². The molecule has 5 heteroatoms. The Morgan fingerprint density at radius 2 is 2.27 bits per heavy atom. The van der Waals surface area contributed by atoms with Crippen LogP contribution in [0, 0.1) is 10.1 Å². The molecule has 0 aliphatic carbocycles. The van der Waals surface area contributed by atoms with Crippen LogP contribution in [0.2, 0.25) is 0 Å². The zero-order valence-electron chi connectivity index (χ0n) is 8.45. The largest absolute Gasteiger partial charge is 0.496 e. The van der Waals surface area contributed by atoms with E-state index in [0.717, 1.165) is 23.4 Å². The predicted octanol–water partition coefficient (Wildman–Crippen LogP) is 1.25. The number of ether oxygens (including phenoxy) is 1. The number of nitro groups is 1. The molecular formula is C10H12N2O3. The van der Waals surface area contributed by atoms with Crippen molar-refractivity contribution in [1.29, 1.82) is 0 Å². The minimum atomic E-state index is -0.330. The topological polar surface area (TPSA) is 64.4 Å². The molecule has 0 saturated heterocycles. The number of methoxy groups -OCH3 is 1. The fourth-order valence-corrected chi connectivity index (χ4v) is 1.92. The molecule has 15 heavy (non-hydrogen) atoms. The van der Waals surface area contributed by atoms with Crippen molar-refractivity contribution in [2.75, 3.05) is 13.7 Å². The highest BCUT2D eigenvalue weighted by molar-refractivity contribution is 5.53. The van der Waals surface area contributed by atoms with E-state index in [-0.39, 0.29) is 10.6 Å². The minimum absolute atomic E-state index is 0.201. The average molecular weight is 208 g/mol. The van der Waals surface area contributed by atoms with Gasteiger partial charge in [0, 0.05) is 23.7 Å². The third kappa shape index (κ3) is 1.66. The van der Waals surface area contributed by atoms with Gasteiger partial charge in [-0.25, -0.2) is 0 Å². The van der Waals surface area contributed by atoms with Crippen molar-refractivity contribution in [3.05, 3.63) is 33.4 Å². The summed E-state index contributed by atoms with van der Waals surface area (Å²) in [5.41, 5.74) is 1.92. The van der Waals surface area contributed by atoms with Crippen LogP contribution in [0.4, 0.5) is 5.69 Å². The molecule has 80 valence electrons. The summed E-state index contributed by atoms with van der Waals surface area (Å²) in [4.78, 5) is 10.5. The van der Waals surface area contributed by atoms with Crippen LogP contribution in [0.5, 0.6) is 5.75 Å². The molecule has 0 bridgehead atoms. The maximum atomic E-state index is 10.8. The van der Waals surface area contributed by atoms with Crippen LogP contribution in [-0.4, -0.2) is 18.6 Å². The molecule has 1 N–H and O–H groups in total. The normalized spacial score (nSPS) is 14.5. The number of nitro benzene ring substituents is 1. The maximum absolute atomic E-state index is 10.8. The van der Waals surface area contributed by atoms with Crippen LogP contribution < -0.4 is 10.1 Å². The van der Waals surface area contributed by atoms with Gasteiger partial charge < -0.3 is 10.1 Å². The molecule has 0 spiro atoms. The van der Waals surface area contributed by atoms with E-state index in [9.17, 15) is 10.1 Å². The van der Waals surface area contributed by atoms with E-state index in [4.69, 9.17) is 4.74 Å². The van der Waals surface area contributed by atoms with E-state index >= 15 is 0 Å². The van der Waals surface area contributed by atoms with Gasteiger partial charge in [0.05, 0.1) is 12.0 Å². The Balaban J connectivity index is 2.57. The third-order valence-electron chi connectivity index (χ3n) is 2.63. The van der Waals surface area contributed by atoms with E-state index in [1.165, 1.54) is 6.07 Å². The van der Waals surface area contributed by atoms with Crippen LogP contribution in [0.25, 0.3) is 0 Å². The zero-order chi connectivity index (χ0) is 10.8. The van der Waals surface area contributed by atoms with Crippen LogP contribution in [-0.2, 0) is 13.0 Å². The first-order valence-corrected chi connectivity index (χ1v) is 4.78. The Bertz CT molecular complexity index is 404. The first-order chi connectivity index (χ1) is 7.24. The lowest BCUT2D eigenvalue weighted by molar-refractivity contribution is -0.385. The summed E-state index contributed by atoms with van der Waals surface area (Å²) < 4.78 is 5.18. The Morgan fingerprint density at radius 3 is 2.93 bits per heavy atom. The van der Waals surface area contributed by atoms with Crippen molar-refractivity contribution in [1.82, 2.24) is 5.32 Å². The Morgan fingerprint density at radius 1 is 1.47 bits per heavy atom. The zero-order valence-corrected chi connectivity index (χ0v) is 8.45. The second-order valence-electron chi connectivity index (χ2n) is 3.43. The minimum Gasteiger partial charge on any atom is -0.496 e. The molecule has 1 aromatic carbocycles. The van der Waals surface area contributed by atoms with Gasteiger partial charge in [-0.3, -0.25) is 10.1 Å². The second-order valence-corrected chi connectivity index (χ2v) is 3.43. The molecule has 0 fully saturated rings. The van der Waals surface area contributed by atoms with Crippen LogP contribution in [0.1, 0.15) is 11.1 Å². The molecule has 0 amide bonds. The maximum Gasteiger partial charge on any atom is 0.273 e. The lowest BCUT2D eigenvalue weighted by atomic mass is 9.98. The van der Waals surface area contributed by atoms with Crippen molar-refractivity contribution in [2.24, 2.45) is 0 Å². The van der Waals surface area contributed by atoms with E-state index in [2.05, 4.69) is 5.32 Å². The lowest BCUT2D eigenvalue weighted by Crippen LogP contribution is -2.24. The summed E-state index contributed by atoms with van der Waals surface area (Å²) in [5, 5.41) is 14.0. The highest BCUT2D eigenvalue weighted by Crippen LogP contribution is 2.32. The molecular weight excluding hydrogens is 196 g/mol. The van der Waals surface area contributed by atoms with E-state index < -0.39 is 0 Å². The quantitative estimate of drug-likeness (QED) is 0.586. The van der Waals surface area contributed by atoms with E-state index in [1.54, 1.807) is 13.2 Å². The van der Waals surface area contributed by atoms with Gasteiger partial charge in [0.15, 0.2) is 0 Å². The van der Waals surface area contributed by atoms with Crippen molar-refractivity contribution in [3.63, 3.8) is 0 Å². The van der Waals surface area contributed by atoms with Gasteiger partial charge in [0.25, 0.3) is 5.69 Å². The summed E-state index contributed by atoms with van der Waals surface area (Å²) in [6, 6.07) is 3.17. The second kappa shape index (κ2) is 3.86. The Hall–Kier alpha value is -1.62. The smallest absolute Gasteiger partial charge is 0.273 e. The number of nitrogens with zero attached hydrogens (tertiary/aromatic N) is 1. The van der Waals surface area contributed by atoms with Crippen molar-refractivity contribution in [3.8, 4) is 5.75 Å². The van der Waals surface area contributed by atoms with Crippen molar-refractivity contribution in [2.45, 2.75) is 13.0 Å². The Labute approximate surface area is 87.2 Å². The van der Waals surface area contributed by atoms with Crippen molar-refractivity contribution >= 4 is 5.69 Å². The SMILES string of the molecule is COc1ccc([N+](=O)[O-])c2c1CNCC2. The summed E-state index contributed by atoms with van der Waals surface area (Å²) in [5.74, 6) is 0.725. The monoisotopic (exact) mass is 208 g/mol.